The number of β-lactam (4-membered cyclic amide) rings is 1. The van der Waals surface area contributed by atoms with Gasteiger partial charge in [0.2, 0.25) is 5.91 Å². The molecule has 0 aromatic carbocycles. The van der Waals surface area contributed by atoms with Crippen LogP contribution in [0.1, 0.15) is 20.3 Å². The molecule has 5 atom stereocenters. The summed E-state index contributed by atoms with van der Waals surface area (Å²) in [6, 6.07) is -0.260. The van der Waals surface area contributed by atoms with Crippen molar-refractivity contribution >= 4 is 40.8 Å². The Kier molecular flexibility index (Phi) is 3.94. The minimum absolute atomic E-state index is 0.0561. The van der Waals surface area contributed by atoms with E-state index in [-0.39, 0.29) is 28.8 Å². The van der Waals surface area contributed by atoms with Crippen molar-refractivity contribution in [1.29, 1.82) is 0 Å². The number of carboxylic acid groups (broad SMARTS) is 1. The van der Waals surface area contributed by atoms with Crippen LogP contribution in [-0.2, 0) is 9.59 Å². The highest BCUT2D eigenvalue weighted by Gasteiger charge is 2.60. The van der Waals surface area contributed by atoms with Gasteiger partial charge in [0, 0.05) is 17.4 Å². The van der Waals surface area contributed by atoms with Crippen molar-refractivity contribution in [3.8, 4) is 0 Å². The number of rotatable bonds is 4. The van der Waals surface area contributed by atoms with Gasteiger partial charge in [-0.1, -0.05) is 19.1 Å². The number of aliphatic hydroxyl groups is 1. The van der Waals surface area contributed by atoms with E-state index in [1.54, 1.807) is 6.92 Å². The first-order valence-corrected chi connectivity index (χ1v) is 8.56. The molecule has 2 fully saturated rings. The van der Waals surface area contributed by atoms with Crippen LogP contribution < -0.4 is 5.32 Å². The zero-order valence-electron chi connectivity index (χ0n) is 12.3. The van der Waals surface area contributed by atoms with Crippen LogP contribution in [0.25, 0.3) is 0 Å². The van der Waals surface area contributed by atoms with Crippen LogP contribution >= 0.6 is 24.0 Å². The summed E-state index contributed by atoms with van der Waals surface area (Å²) in [5.74, 6) is -2.01. The average Bonchev–Trinajstić information content (AvgIpc) is 2.92. The first-order valence-electron chi connectivity index (χ1n) is 7.27. The molecule has 0 aromatic rings. The van der Waals surface area contributed by atoms with Crippen molar-refractivity contribution in [2.45, 2.75) is 37.7 Å². The van der Waals surface area contributed by atoms with Gasteiger partial charge in [0.05, 0.1) is 28.3 Å². The number of fused-ring (bicyclic) bond motifs is 1. The molecular weight excluding hydrogens is 324 g/mol. The largest absolute Gasteiger partial charge is 0.477 e. The Morgan fingerprint density at radius 2 is 2.23 bits per heavy atom. The lowest BCUT2D eigenvalue weighted by molar-refractivity contribution is -0.163. The van der Waals surface area contributed by atoms with Crippen molar-refractivity contribution in [2.75, 3.05) is 6.54 Å². The fraction of sp³-hybridized carbons (Fsp3) is 0.643. The summed E-state index contributed by atoms with van der Waals surface area (Å²) in [5, 5.41) is 22.5. The SMILES string of the molecule is C[C@@H](O)[C@H]1C(=O)N2C(C(=O)O)=C(S[C@@H]3CCNC3=S)[C@H](C)[C@H]12. The Morgan fingerprint density at radius 3 is 2.73 bits per heavy atom. The number of carboxylic acids is 1. The Labute approximate surface area is 137 Å². The van der Waals surface area contributed by atoms with Crippen molar-refractivity contribution < 1.29 is 19.8 Å². The van der Waals surface area contributed by atoms with E-state index in [1.165, 1.54) is 16.7 Å². The van der Waals surface area contributed by atoms with Gasteiger partial charge in [-0.15, -0.1) is 11.8 Å². The quantitative estimate of drug-likeness (QED) is 0.508. The average molecular weight is 342 g/mol. The van der Waals surface area contributed by atoms with E-state index in [2.05, 4.69) is 5.32 Å². The van der Waals surface area contributed by atoms with E-state index in [4.69, 9.17) is 12.2 Å². The second-order valence-electron chi connectivity index (χ2n) is 5.96. The molecule has 0 radical (unpaired) electrons. The van der Waals surface area contributed by atoms with Crippen molar-refractivity contribution in [1.82, 2.24) is 10.2 Å². The van der Waals surface area contributed by atoms with E-state index in [0.717, 1.165) is 18.0 Å². The predicted molar refractivity (Wildman–Crippen MR) is 86.2 cm³/mol. The summed E-state index contributed by atoms with van der Waals surface area (Å²) in [7, 11) is 0. The Hall–Kier alpha value is -1.12. The van der Waals surface area contributed by atoms with Crippen LogP contribution in [0.4, 0.5) is 0 Å². The van der Waals surface area contributed by atoms with E-state index in [9.17, 15) is 19.8 Å². The van der Waals surface area contributed by atoms with Gasteiger partial charge in [-0.2, -0.15) is 0 Å². The number of thiocarbonyl (C=S) groups is 1. The van der Waals surface area contributed by atoms with Gasteiger partial charge in [0.15, 0.2) is 0 Å². The second kappa shape index (κ2) is 5.50. The molecule has 0 saturated carbocycles. The predicted octanol–water partition coefficient (Wildman–Crippen LogP) is 0.563. The molecule has 22 heavy (non-hydrogen) atoms. The van der Waals surface area contributed by atoms with Gasteiger partial charge < -0.3 is 20.4 Å². The minimum atomic E-state index is -1.09. The van der Waals surface area contributed by atoms with Crippen LogP contribution in [0.3, 0.4) is 0 Å². The summed E-state index contributed by atoms with van der Waals surface area (Å²) < 4.78 is 0. The van der Waals surface area contributed by atoms with Crippen LogP contribution in [0.15, 0.2) is 10.6 Å². The maximum Gasteiger partial charge on any atom is 0.353 e. The normalized spacial score (nSPS) is 35.3. The molecule has 0 bridgehead atoms. The number of aliphatic carboxylic acids is 1. The molecule has 3 aliphatic rings. The standard InChI is InChI=1S/C14H18N2O4S2/c1-5-9-8(6(2)17)13(18)16(9)10(14(19)20)11(5)22-7-3-4-15-12(7)21/h5-9,17H,3-4H2,1-2H3,(H,15,21)(H,19,20)/t5-,6-,7-,8-,9-/m1/s1. The monoisotopic (exact) mass is 342 g/mol. The Balaban J connectivity index is 1.92. The number of thioether (sulfide) groups is 1. The first kappa shape index (κ1) is 15.8. The second-order valence-corrected chi connectivity index (χ2v) is 7.64. The number of nitrogens with zero attached hydrogens (tertiary/aromatic N) is 1. The molecule has 3 rings (SSSR count). The molecule has 3 heterocycles. The van der Waals surface area contributed by atoms with Crippen LogP contribution in [-0.4, -0.2) is 55.9 Å². The van der Waals surface area contributed by atoms with Gasteiger partial charge in [0.25, 0.3) is 0 Å². The number of carbonyl (C=O) groups is 2. The number of hydrogen-bond acceptors (Lipinski definition) is 5. The lowest BCUT2D eigenvalue weighted by Gasteiger charge is -2.46. The number of hydrogen-bond donors (Lipinski definition) is 3. The van der Waals surface area contributed by atoms with Crippen LogP contribution in [0.2, 0.25) is 0 Å². The molecule has 3 aliphatic heterocycles. The summed E-state index contributed by atoms with van der Waals surface area (Å²) in [6.07, 6.45) is 0.0789. The Morgan fingerprint density at radius 1 is 1.55 bits per heavy atom. The fourth-order valence-electron chi connectivity index (χ4n) is 3.52. The van der Waals surface area contributed by atoms with Crippen molar-refractivity contribution in [3.05, 3.63) is 10.6 Å². The number of amides is 1. The lowest BCUT2D eigenvalue weighted by atomic mass is 9.79. The molecule has 1 amide bonds. The van der Waals surface area contributed by atoms with Gasteiger partial charge in [-0.25, -0.2) is 4.79 Å². The lowest BCUT2D eigenvalue weighted by Crippen LogP contribution is -2.63. The zero-order valence-corrected chi connectivity index (χ0v) is 13.9. The maximum absolute atomic E-state index is 12.2. The summed E-state index contributed by atoms with van der Waals surface area (Å²) >= 11 is 6.71. The topological polar surface area (TPSA) is 89.9 Å². The van der Waals surface area contributed by atoms with Gasteiger partial charge >= 0.3 is 5.97 Å². The molecule has 120 valence electrons. The van der Waals surface area contributed by atoms with E-state index < -0.39 is 18.0 Å². The highest BCUT2D eigenvalue weighted by atomic mass is 32.2. The van der Waals surface area contributed by atoms with Gasteiger partial charge in [-0.05, 0) is 13.3 Å². The number of nitrogens with one attached hydrogen (secondary N) is 1. The molecule has 0 aromatic heterocycles. The molecule has 3 N–H and O–H groups in total. The Bertz CT molecular complexity index is 589. The highest BCUT2D eigenvalue weighted by molar-refractivity contribution is 8.05. The third-order valence-electron chi connectivity index (χ3n) is 4.58. The van der Waals surface area contributed by atoms with Gasteiger partial charge in [0.1, 0.15) is 5.70 Å². The van der Waals surface area contributed by atoms with E-state index in [1.807, 2.05) is 6.92 Å². The van der Waals surface area contributed by atoms with Gasteiger partial charge in [-0.3, -0.25) is 4.79 Å². The number of aliphatic hydroxyl groups excluding tert-OH is 1. The van der Waals surface area contributed by atoms with E-state index >= 15 is 0 Å². The molecular formula is C14H18N2O4S2. The first-order chi connectivity index (χ1) is 10.3. The maximum atomic E-state index is 12.2. The van der Waals surface area contributed by atoms with Crippen molar-refractivity contribution in [2.24, 2.45) is 11.8 Å². The molecule has 2 saturated heterocycles. The third-order valence-corrected chi connectivity index (χ3v) is 6.73. The minimum Gasteiger partial charge on any atom is -0.477 e. The fourth-order valence-corrected chi connectivity index (χ4v) is 5.26. The summed E-state index contributed by atoms with van der Waals surface area (Å²) in [4.78, 5) is 26.6. The molecule has 0 spiro atoms. The zero-order chi connectivity index (χ0) is 16.2. The van der Waals surface area contributed by atoms with Crippen molar-refractivity contribution in [3.63, 3.8) is 0 Å². The molecule has 8 heteroatoms. The molecule has 6 nitrogen and oxygen atoms in total. The van der Waals surface area contributed by atoms with Crippen LogP contribution in [0, 0.1) is 11.8 Å². The van der Waals surface area contributed by atoms with Crippen LogP contribution in [0.5, 0.6) is 0 Å². The van der Waals surface area contributed by atoms with E-state index in [0.29, 0.717) is 4.91 Å². The smallest absolute Gasteiger partial charge is 0.353 e. The molecule has 0 aliphatic carbocycles. The molecule has 0 unspecified atom stereocenters. The third kappa shape index (κ3) is 2.16. The number of carbonyl (C=O) groups excluding carboxylic acids is 1. The summed E-state index contributed by atoms with van der Waals surface area (Å²) in [5.41, 5.74) is 0.0686. The summed E-state index contributed by atoms with van der Waals surface area (Å²) in [6.45, 7) is 4.29. The highest BCUT2D eigenvalue weighted by Crippen LogP contribution is 2.51.